The van der Waals surface area contributed by atoms with Crippen molar-refractivity contribution in [1.82, 2.24) is 4.98 Å². The fourth-order valence-corrected chi connectivity index (χ4v) is 3.60. The van der Waals surface area contributed by atoms with Gasteiger partial charge in [0.05, 0.1) is 19.7 Å². The van der Waals surface area contributed by atoms with Crippen molar-refractivity contribution in [2.75, 3.05) is 25.3 Å². The lowest BCUT2D eigenvalue weighted by molar-refractivity contribution is 0.102. The summed E-state index contributed by atoms with van der Waals surface area (Å²) in [7, 11) is 3.15. The highest BCUT2D eigenvalue weighted by atomic mass is 16.5. The molecule has 3 N–H and O–H groups in total. The van der Waals surface area contributed by atoms with Crippen LogP contribution < -0.4 is 25.3 Å². The Hall–Kier alpha value is -4.26. The van der Waals surface area contributed by atoms with Gasteiger partial charge in [-0.1, -0.05) is 18.2 Å². The fraction of sp³-hybridized carbons (Fsp3) is 0.154. The van der Waals surface area contributed by atoms with Gasteiger partial charge in [0, 0.05) is 39.6 Å². The summed E-state index contributed by atoms with van der Waals surface area (Å²) in [6, 6.07) is 19.9. The molecular formula is C26H25N3O4. The number of hydrogen-bond acceptors (Lipinski definition) is 6. The highest BCUT2D eigenvalue weighted by molar-refractivity contribution is 6.06. The maximum atomic E-state index is 13.1. The predicted molar refractivity (Wildman–Crippen MR) is 129 cm³/mol. The smallest absolute Gasteiger partial charge is 0.256 e. The molecule has 0 unspecified atom stereocenters. The van der Waals surface area contributed by atoms with Gasteiger partial charge in [0.1, 0.15) is 12.4 Å². The zero-order valence-electron chi connectivity index (χ0n) is 18.7. The summed E-state index contributed by atoms with van der Waals surface area (Å²) < 4.78 is 16.5. The summed E-state index contributed by atoms with van der Waals surface area (Å²) in [5.74, 6) is 1.56. The van der Waals surface area contributed by atoms with E-state index in [0.717, 1.165) is 22.2 Å². The molecule has 7 heteroatoms. The standard InChI is InChI=1S/C26H25N3O4/c1-16-12-22(27)21-13-18(8-10-23(21)28-16)29-26(30)20-7-5-4-6-17(20)15-33-19-9-11-24(31-2)25(14-19)32-3/h4-14H,15H2,1-3H3,(H2,27,28)(H,29,30). The number of nitrogen functional groups attached to an aromatic ring is 1. The van der Waals surface area contributed by atoms with Crippen molar-refractivity contribution in [3.05, 3.63) is 83.6 Å². The normalized spacial score (nSPS) is 10.6. The van der Waals surface area contributed by atoms with Crippen molar-refractivity contribution in [2.24, 2.45) is 0 Å². The average Bonchev–Trinajstić information content (AvgIpc) is 2.83. The molecule has 0 aliphatic carbocycles. The largest absolute Gasteiger partial charge is 0.493 e. The number of anilines is 2. The van der Waals surface area contributed by atoms with Crippen molar-refractivity contribution < 1.29 is 19.0 Å². The Morgan fingerprint density at radius 3 is 2.55 bits per heavy atom. The molecule has 168 valence electrons. The summed E-state index contributed by atoms with van der Waals surface area (Å²) in [5.41, 5.74) is 10.3. The number of aromatic nitrogens is 1. The Kier molecular flexibility index (Phi) is 6.31. The Morgan fingerprint density at radius 2 is 1.76 bits per heavy atom. The molecule has 0 aliphatic rings. The summed E-state index contributed by atoms with van der Waals surface area (Å²) in [6.07, 6.45) is 0. The molecule has 0 radical (unpaired) electrons. The van der Waals surface area contributed by atoms with Gasteiger partial charge in [-0.25, -0.2) is 0 Å². The third-order valence-corrected chi connectivity index (χ3v) is 5.24. The predicted octanol–water partition coefficient (Wildman–Crippen LogP) is 4.97. The maximum absolute atomic E-state index is 13.1. The van der Waals surface area contributed by atoms with Gasteiger partial charge >= 0.3 is 0 Å². The van der Waals surface area contributed by atoms with Crippen LogP contribution in [-0.4, -0.2) is 25.1 Å². The molecule has 0 fully saturated rings. The van der Waals surface area contributed by atoms with Crippen molar-refractivity contribution in [3.8, 4) is 17.2 Å². The topological polar surface area (TPSA) is 95.7 Å². The van der Waals surface area contributed by atoms with Gasteiger partial charge in [-0.3, -0.25) is 9.78 Å². The van der Waals surface area contributed by atoms with Crippen molar-refractivity contribution in [3.63, 3.8) is 0 Å². The van der Waals surface area contributed by atoms with Gasteiger partial charge in [-0.15, -0.1) is 0 Å². The summed E-state index contributed by atoms with van der Waals surface area (Å²) in [4.78, 5) is 17.5. The minimum absolute atomic E-state index is 0.215. The van der Waals surface area contributed by atoms with E-state index in [0.29, 0.717) is 34.2 Å². The first-order valence-corrected chi connectivity index (χ1v) is 10.4. The number of fused-ring (bicyclic) bond motifs is 1. The van der Waals surface area contributed by atoms with Crippen LogP contribution in [0.5, 0.6) is 17.2 Å². The zero-order chi connectivity index (χ0) is 23.4. The van der Waals surface area contributed by atoms with Crippen molar-refractivity contribution >= 4 is 28.2 Å². The van der Waals surface area contributed by atoms with Crippen molar-refractivity contribution in [1.29, 1.82) is 0 Å². The van der Waals surface area contributed by atoms with E-state index in [4.69, 9.17) is 19.9 Å². The molecule has 4 aromatic rings. The molecule has 0 saturated carbocycles. The van der Waals surface area contributed by atoms with E-state index in [2.05, 4.69) is 10.3 Å². The molecule has 1 amide bonds. The first kappa shape index (κ1) is 22.0. The zero-order valence-corrected chi connectivity index (χ0v) is 18.7. The van der Waals surface area contributed by atoms with Crippen LogP contribution in [0.4, 0.5) is 11.4 Å². The van der Waals surface area contributed by atoms with Gasteiger partial charge in [0.15, 0.2) is 11.5 Å². The van der Waals surface area contributed by atoms with Crippen molar-refractivity contribution in [2.45, 2.75) is 13.5 Å². The lowest BCUT2D eigenvalue weighted by Crippen LogP contribution is -2.15. The van der Waals surface area contributed by atoms with Gasteiger partial charge < -0.3 is 25.3 Å². The molecule has 0 saturated heterocycles. The third kappa shape index (κ3) is 4.82. The van der Waals surface area contributed by atoms with Gasteiger partial charge in [0.2, 0.25) is 0 Å². The highest BCUT2D eigenvalue weighted by Crippen LogP contribution is 2.31. The number of benzene rings is 3. The molecule has 3 aromatic carbocycles. The van der Waals surface area contributed by atoms with Crippen LogP contribution in [0, 0.1) is 6.92 Å². The van der Waals surface area contributed by atoms with Crippen LogP contribution in [-0.2, 0) is 6.61 Å². The molecule has 7 nitrogen and oxygen atoms in total. The minimum atomic E-state index is -0.237. The molecule has 1 aromatic heterocycles. The molecule has 0 atom stereocenters. The maximum Gasteiger partial charge on any atom is 0.256 e. The van der Waals surface area contributed by atoms with E-state index in [-0.39, 0.29) is 12.5 Å². The number of carbonyl (C=O) groups is 1. The van der Waals surface area contributed by atoms with Crippen LogP contribution >= 0.6 is 0 Å². The Labute approximate surface area is 192 Å². The molecule has 0 spiro atoms. The van der Waals surface area contributed by atoms with E-state index >= 15 is 0 Å². The number of hydrogen-bond donors (Lipinski definition) is 2. The van der Waals surface area contributed by atoms with Crippen LogP contribution in [0.25, 0.3) is 10.9 Å². The number of nitrogens with zero attached hydrogens (tertiary/aromatic N) is 1. The molecule has 1 heterocycles. The number of nitrogens with two attached hydrogens (primary N) is 1. The Balaban J connectivity index is 1.52. The molecule has 33 heavy (non-hydrogen) atoms. The highest BCUT2D eigenvalue weighted by Gasteiger charge is 2.13. The number of methoxy groups -OCH3 is 2. The molecular weight excluding hydrogens is 418 g/mol. The molecule has 0 aliphatic heterocycles. The van der Waals surface area contributed by atoms with Crippen LogP contribution in [0.3, 0.4) is 0 Å². The second-order valence-corrected chi connectivity index (χ2v) is 7.50. The summed E-state index contributed by atoms with van der Waals surface area (Å²) in [6.45, 7) is 2.11. The lowest BCUT2D eigenvalue weighted by Gasteiger charge is -2.13. The van der Waals surface area contributed by atoms with E-state index in [9.17, 15) is 4.79 Å². The molecule has 0 bridgehead atoms. The number of ether oxygens (including phenoxy) is 3. The molecule has 4 rings (SSSR count). The Morgan fingerprint density at radius 1 is 0.970 bits per heavy atom. The Bertz CT molecular complexity index is 1320. The number of aryl methyl sites for hydroxylation is 1. The van der Waals surface area contributed by atoms with E-state index in [1.54, 1.807) is 38.5 Å². The second-order valence-electron chi connectivity index (χ2n) is 7.50. The summed E-state index contributed by atoms with van der Waals surface area (Å²) in [5, 5.41) is 3.74. The number of carbonyl (C=O) groups excluding carboxylic acids is 1. The number of rotatable bonds is 7. The average molecular weight is 444 g/mol. The minimum Gasteiger partial charge on any atom is -0.493 e. The number of pyridine rings is 1. The number of nitrogens with one attached hydrogen (secondary N) is 1. The quantitative estimate of drug-likeness (QED) is 0.419. The van der Waals surface area contributed by atoms with Gasteiger partial charge in [-0.05, 0) is 49.4 Å². The first-order chi connectivity index (χ1) is 16.0. The third-order valence-electron chi connectivity index (χ3n) is 5.24. The number of amides is 1. The second kappa shape index (κ2) is 9.48. The van der Waals surface area contributed by atoms with E-state index in [1.807, 2.05) is 49.4 Å². The first-order valence-electron chi connectivity index (χ1n) is 10.4. The van der Waals surface area contributed by atoms with Crippen LogP contribution in [0.2, 0.25) is 0 Å². The van der Waals surface area contributed by atoms with E-state index in [1.165, 1.54) is 0 Å². The SMILES string of the molecule is COc1ccc(OCc2ccccc2C(=O)Nc2ccc3nc(C)cc(N)c3c2)cc1OC. The monoisotopic (exact) mass is 443 g/mol. The summed E-state index contributed by atoms with van der Waals surface area (Å²) >= 11 is 0. The van der Waals surface area contributed by atoms with Gasteiger partial charge in [-0.2, -0.15) is 0 Å². The van der Waals surface area contributed by atoms with E-state index < -0.39 is 0 Å². The van der Waals surface area contributed by atoms with Crippen LogP contribution in [0.15, 0.2) is 66.7 Å². The van der Waals surface area contributed by atoms with Gasteiger partial charge in [0.25, 0.3) is 5.91 Å². The van der Waals surface area contributed by atoms with Crippen LogP contribution in [0.1, 0.15) is 21.6 Å². The fourth-order valence-electron chi connectivity index (χ4n) is 3.60. The lowest BCUT2D eigenvalue weighted by atomic mass is 10.1.